The third kappa shape index (κ3) is 5.65. The molecular weight excluding hydrogens is 398 g/mol. The first-order chi connectivity index (χ1) is 15.1. The van der Waals surface area contributed by atoms with Gasteiger partial charge in [-0.15, -0.1) is 0 Å². The van der Waals surface area contributed by atoms with Crippen LogP contribution in [0.25, 0.3) is 0 Å². The zero-order chi connectivity index (χ0) is 23.4. The lowest BCUT2D eigenvalue weighted by Crippen LogP contribution is -2.48. The highest BCUT2D eigenvalue weighted by Gasteiger charge is 2.42. The first kappa shape index (κ1) is 24.2. The van der Waals surface area contributed by atoms with Crippen molar-refractivity contribution in [1.29, 1.82) is 0 Å². The van der Waals surface area contributed by atoms with E-state index >= 15 is 0 Å². The number of carbonyl (C=O) groups excluding carboxylic acids is 1. The minimum atomic E-state index is -0.653. The van der Waals surface area contributed by atoms with Gasteiger partial charge in [0.25, 0.3) is 0 Å². The number of ether oxygens (including phenoxy) is 2. The normalized spacial score (nSPS) is 17.3. The van der Waals surface area contributed by atoms with Crippen LogP contribution in [0.3, 0.4) is 0 Å². The molecule has 4 heteroatoms. The van der Waals surface area contributed by atoms with Gasteiger partial charge < -0.3 is 15.2 Å². The van der Waals surface area contributed by atoms with Gasteiger partial charge in [-0.05, 0) is 55.4 Å². The number of primary amides is 1. The molecule has 0 fully saturated rings. The van der Waals surface area contributed by atoms with E-state index in [-0.39, 0.29) is 11.3 Å². The fraction of sp³-hybridized carbons (Fsp3) is 0.536. The number of nitrogens with two attached hydrogens (primary N) is 1. The van der Waals surface area contributed by atoms with Crippen LogP contribution < -0.4 is 15.2 Å². The van der Waals surface area contributed by atoms with Crippen molar-refractivity contribution >= 4 is 5.91 Å². The Morgan fingerprint density at radius 1 is 1.16 bits per heavy atom. The predicted molar refractivity (Wildman–Crippen MR) is 130 cm³/mol. The summed E-state index contributed by atoms with van der Waals surface area (Å²) in [6.07, 6.45) is 6.61. The SMILES string of the molecule is CCCCCCC(C)(C)c1cc(OCc2ccccc2)c2c(c1)OC(C)(C)C(C(N)=O)C2. The van der Waals surface area contributed by atoms with E-state index in [2.05, 4.69) is 45.0 Å². The molecule has 32 heavy (non-hydrogen) atoms. The van der Waals surface area contributed by atoms with Crippen LogP contribution in [-0.2, 0) is 23.2 Å². The van der Waals surface area contributed by atoms with Crippen molar-refractivity contribution in [3.8, 4) is 11.5 Å². The van der Waals surface area contributed by atoms with E-state index in [0.29, 0.717) is 13.0 Å². The summed E-state index contributed by atoms with van der Waals surface area (Å²) in [6, 6.07) is 14.4. The van der Waals surface area contributed by atoms with E-state index in [4.69, 9.17) is 15.2 Å². The number of amides is 1. The zero-order valence-corrected chi connectivity index (χ0v) is 20.4. The van der Waals surface area contributed by atoms with E-state index in [1.165, 1.54) is 31.2 Å². The number of fused-ring (bicyclic) bond motifs is 1. The molecule has 1 atom stereocenters. The van der Waals surface area contributed by atoms with Crippen LogP contribution in [0.15, 0.2) is 42.5 Å². The summed E-state index contributed by atoms with van der Waals surface area (Å²) >= 11 is 0. The van der Waals surface area contributed by atoms with Crippen LogP contribution >= 0.6 is 0 Å². The highest BCUT2D eigenvalue weighted by molar-refractivity contribution is 5.79. The molecule has 1 aliphatic heterocycles. The van der Waals surface area contributed by atoms with Gasteiger partial charge in [0, 0.05) is 5.56 Å². The molecule has 1 unspecified atom stereocenters. The molecule has 0 spiro atoms. The summed E-state index contributed by atoms with van der Waals surface area (Å²) in [5.74, 6) is 0.872. The Balaban J connectivity index is 1.95. The minimum Gasteiger partial charge on any atom is -0.488 e. The van der Waals surface area contributed by atoms with Gasteiger partial charge in [-0.1, -0.05) is 76.8 Å². The lowest BCUT2D eigenvalue weighted by molar-refractivity contribution is -0.128. The van der Waals surface area contributed by atoms with Gasteiger partial charge in [-0.2, -0.15) is 0 Å². The molecule has 0 bridgehead atoms. The fourth-order valence-electron chi connectivity index (χ4n) is 4.55. The second kappa shape index (κ2) is 9.97. The van der Waals surface area contributed by atoms with Gasteiger partial charge in [0.1, 0.15) is 23.7 Å². The highest BCUT2D eigenvalue weighted by Crippen LogP contribution is 2.45. The van der Waals surface area contributed by atoms with Gasteiger partial charge in [-0.25, -0.2) is 0 Å². The maximum absolute atomic E-state index is 12.2. The number of rotatable bonds is 10. The maximum Gasteiger partial charge on any atom is 0.224 e. The van der Waals surface area contributed by atoms with Crippen molar-refractivity contribution in [2.24, 2.45) is 11.7 Å². The average molecular weight is 438 g/mol. The van der Waals surface area contributed by atoms with Crippen LogP contribution in [0, 0.1) is 5.92 Å². The predicted octanol–water partition coefficient (Wildman–Crippen LogP) is 6.33. The van der Waals surface area contributed by atoms with Gasteiger partial charge >= 0.3 is 0 Å². The first-order valence-corrected chi connectivity index (χ1v) is 12.0. The van der Waals surface area contributed by atoms with Crippen molar-refractivity contribution in [1.82, 2.24) is 0 Å². The number of unbranched alkanes of at least 4 members (excludes halogenated alkanes) is 3. The fourth-order valence-corrected chi connectivity index (χ4v) is 4.55. The largest absolute Gasteiger partial charge is 0.488 e. The van der Waals surface area contributed by atoms with E-state index in [9.17, 15) is 4.79 Å². The lowest BCUT2D eigenvalue weighted by Gasteiger charge is -2.40. The molecule has 0 radical (unpaired) electrons. The first-order valence-electron chi connectivity index (χ1n) is 12.0. The average Bonchev–Trinajstić information content (AvgIpc) is 2.74. The molecule has 0 saturated heterocycles. The monoisotopic (exact) mass is 437 g/mol. The second-order valence-corrected chi connectivity index (χ2v) is 10.3. The zero-order valence-electron chi connectivity index (χ0n) is 20.4. The van der Waals surface area contributed by atoms with Crippen molar-refractivity contribution < 1.29 is 14.3 Å². The van der Waals surface area contributed by atoms with E-state index in [1.54, 1.807) is 0 Å². The molecule has 2 aromatic carbocycles. The third-order valence-corrected chi connectivity index (χ3v) is 6.81. The third-order valence-electron chi connectivity index (χ3n) is 6.81. The molecule has 0 saturated carbocycles. The van der Waals surface area contributed by atoms with Crippen LogP contribution in [0.5, 0.6) is 11.5 Å². The van der Waals surface area contributed by atoms with Crippen molar-refractivity contribution in [3.05, 3.63) is 59.2 Å². The molecular formula is C28H39NO3. The Morgan fingerprint density at radius 3 is 2.53 bits per heavy atom. The van der Waals surface area contributed by atoms with Crippen LogP contribution in [0.4, 0.5) is 0 Å². The molecule has 3 rings (SSSR count). The molecule has 4 nitrogen and oxygen atoms in total. The summed E-state index contributed by atoms with van der Waals surface area (Å²) in [5, 5.41) is 0. The molecule has 1 amide bonds. The summed E-state index contributed by atoms with van der Waals surface area (Å²) < 4.78 is 12.7. The van der Waals surface area contributed by atoms with Gasteiger partial charge in [0.05, 0.1) is 5.92 Å². The van der Waals surface area contributed by atoms with Crippen molar-refractivity contribution in [2.45, 2.75) is 90.8 Å². The number of benzene rings is 2. The lowest BCUT2D eigenvalue weighted by atomic mass is 9.77. The minimum absolute atomic E-state index is 0.00165. The topological polar surface area (TPSA) is 61.6 Å². The number of hydrogen-bond acceptors (Lipinski definition) is 3. The maximum atomic E-state index is 12.2. The summed E-state index contributed by atoms with van der Waals surface area (Å²) in [4.78, 5) is 12.2. The molecule has 1 aliphatic rings. The molecule has 1 heterocycles. The van der Waals surface area contributed by atoms with Crippen LogP contribution in [-0.4, -0.2) is 11.5 Å². The summed E-state index contributed by atoms with van der Waals surface area (Å²) in [7, 11) is 0. The van der Waals surface area contributed by atoms with Crippen molar-refractivity contribution in [2.75, 3.05) is 0 Å². The highest BCUT2D eigenvalue weighted by atomic mass is 16.5. The Bertz CT molecular complexity index is 918. The standard InChI is InChI=1S/C28H39NO3/c1-6-7-8-12-15-27(2,3)21-16-24(31-19-20-13-10-9-11-14-20)22-18-23(26(29)30)28(4,5)32-25(22)17-21/h9-11,13-14,16-17,23H,6-8,12,15,18-19H2,1-5H3,(H2,29,30). The molecule has 0 aliphatic carbocycles. The van der Waals surface area contributed by atoms with E-state index in [1.807, 2.05) is 32.0 Å². The van der Waals surface area contributed by atoms with Crippen LogP contribution in [0.2, 0.25) is 0 Å². The Labute approximate surface area is 193 Å². The Morgan fingerprint density at radius 2 is 1.88 bits per heavy atom. The van der Waals surface area contributed by atoms with E-state index in [0.717, 1.165) is 29.0 Å². The number of carbonyl (C=O) groups is 1. The second-order valence-electron chi connectivity index (χ2n) is 10.3. The van der Waals surface area contributed by atoms with Gasteiger partial charge in [0.15, 0.2) is 0 Å². The van der Waals surface area contributed by atoms with Crippen LogP contribution in [0.1, 0.15) is 83.4 Å². The molecule has 2 aromatic rings. The molecule has 174 valence electrons. The Kier molecular flexibility index (Phi) is 7.53. The van der Waals surface area contributed by atoms with Gasteiger partial charge in [-0.3, -0.25) is 4.79 Å². The number of hydrogen-bond donors (Lipinski definition) is 1. The molecule has 0 aromatic heterocycles. The van der Waals surface area contributed by atoms with E-state index < -0.39 is 11.5 Å². The quantitative estimate of drug-likeness (QED) is 0.442. The summed E-state index contributed by atoms with van der Waals surface area (Å²) in [6.45, 7) is 11.2. The Hall–Kier alpha value is -2.49. The van der Waals surface area contributed by atoms with Gasteiger partial charge in [0.2, 0.25) is 5.91 Å². The molecule has 2 N–H and O–H groups in total. The smallest absolute Gasteiger partial charge is 0.224 e. The summed E-state index contributed by atoms with van der Waals surface area (Å²) in [5.41, 5.74) is 8.34. The van der Waals surface area contributed by atoms with Crippen molar-refractivity contribution in [3.63, 3.8) is 0 Å².